The highest BCUT2D eigenvalue weighted by atomic mass is 32.2. The molecule has 0 radical (unpaired) electrons. The van der Waals surface area contributed by atoms with Crippen LogP contribution in [0.4, 0.5) is 4.79 Å². The van der Waals surface area contributed by atoms with E-state index in [1.54, 1.807) is 7.11 Å². The Kier molecular flexibility index (Phi) is 6.52. The van der Waals surface area contributed by atoms with E-state index >= 15 is 0 Å². The summed E-state index contributed by atoms with van der Waals surface area (Å²) in [6.45, 7) is 6.34. The van der Waals surface area contributed by atoms with Crippen LogP contribution in [0.3, 0.4) is 0 Å². The molecule has 0 saturated carbocycles. The molecule has 0 unspecified atom stereocenters. The van der Waals surface area contributed by atoms with Crippen LogP contribution in [-0.4, -0.2) is 23.1 Å². The van der Waals surface area contributed by atoms with E-state index in [-0.39, 0.29) is 4.45 Å². The topological polar surface area (TPSA) is 48.4 Å². The van der Waals surface area contributed by atoms with Crippen molar-refractivity contribution in [3.05, 3.63) is 17.3 Å². The van der Waals surface area contributed by atoms with E-state index in [1.165, 1.54) is 0 Å². The van der Waals surface area contributed by atoms with Crippen molar-refractivity contribution in [2.75, 3.05) is 13.7 Å². The number of methoxy groups -OCH3 is 1. The number of carbonyl (C=O) groups is 1. The standard InChI is InChI=1S/C12H17NO3S2/c1-5-9-7-10(11(15-4)13-8(9)3)17-12(14)18-16-6-2/h7H,5-6H2,1-4H3. The van der Waals surface area contributed by atoms with Crippen molar-refractivity contribution in [3.63, 3.8) is 0 Å². The zero-order valence-electron chi connectivity index (χ0n) is 11.0. The molecular formula is C12H17NO3S2. The summed E-state index contributed by atoms with van der Waals surface area (Å²) in [4.78, 5) is 16.7. The smallest absolute Gasteiger partial charge is 0.277 e. The summed E-state index contributed by atoms with van der Waals surface area (Å²) in [6.07, 6.45) is 0.878. The number of aryl methyl sites for hydroxylation is 2. The summed E-state index contributed by atoms with van der Waals surface area (Å²) in [5.74, 6) is 0.486. The van der Waals surface area contributed by atoms with E-state index in [1.807, 2.05) is 19.9 Å². The van der Waals surface area contributed by atoms with Crippen molar-refractivity contribution >= 4 is 28.3 Å². The van der Waals surface area contributed by atoms with Gasteiger partial charge in [0.1, 0.15) is 0 Å². The molecule has 1 aromatic heterocycles. The lowest BCUT2D eigenvalue weighted by molar-refractivity contribution is 0.274. The van der Waals surface area contributed by atoms with Gasteiger partial charge in [0.25, 0.3) is 4.45 Å². The average molecular weight is 287 g/mol. The fraction of sp³-hybridized carbons (Fsp3) is 0.500. The van der Waals surface area contributed by atoms with Gasteiger partial charge in [-0.1, -0.05) is 6.92 Å². The molecule has 4 nitrogen and oxygen atoms in total. The number of ether oxygens (including phenoxy) is 1. The number of thioether (sulfide) groups is 1. The molecule has 0 N–H and O–H groups in total. The van der Waals surface area contributed by atoms with Gasteiger partial charge in [-0.25, -0.2) is 4.98 Å². The number of carbonyl (C=O) groups excluding carboxylic acids is 1. The van der Waals surface area contributed by atoms with Crippen LogP contribution in [0.2, 0.25) is 0 Å². The Hall–Kier alpha value is -0.720. The van der Waals surface area contributed by atoms with Crippen LogP contribution in [-0.2, 0) is 10.6 Å². The minimum absolute atomic E-state index is 0.122. The van der Waals surface area contributed by atoms with E-state index in [2.05, 4.69) is 11.9 Å². The summed E-state index contributed by atoms with van der Waals surface area (Å²) < 4.78 is 10.1. The predicted octanol–water partition coefficient (Wildman–Crippen LogP) is 3.86. The first-order valence-electron chi connectivity index (χ1n) is 5.68. The van der Waals surface area contributed by atoms with Crippen LogP contribution in [0.1, 0.15) is 25.1 Å². The molecule has 1 heterocycles. The number of nitrogens with zero attached hydrogens (tertiary/aromatic N) is 1. The zero-order valence-corrected chi connectivity index (χ0v) is 12.6. The van der Waals surface area contributed by atoms with Crippen LogP contribution < -0.4 is 4.74 Å². The molecule has 0 amide bonds. The lowest BCUT2D eigenvalue weighted by Crippen LogP contribution is -1.98. The van der Waals surface area contributed by atoms with Crippen LogP contribution in [0, 0.1) is 6.92 Å². The van der Waals surface area contributed by atoms with E-state index in [0.29, 0.717) is 12.5 Å². The molecule has 1 aromatic rings. The van der Waals surface area contributed by atoms with Crippen LogP contribution in [0.25, 0.3) is 0 Å². The number of hydrogen-bond donors (Lipinski definition) is 0. The van der Waals surface area contributed by atoms with E-state index in [0.717, 1.165) is 46.4 Å². The average Bonchev–Trinajstić information content (AvgIpc) is 2.37. The van der Waals surface area contributed by atoms with Crippen molar-refractivity contribution in [1.29, 1.82) is 0 Å². The van der Waals surface area contributed by atoms with Gasteiger partial charge < -0.3 is 8.92 Å². The van der Waals surface area contributed by atoms with Gasteiger partial charge in [0.05, 0.1) is 30.7 Å². The molecule has 6 heteroatoms. The van der Waals surface area contributed by atoms with Gasteiger partial charge in [-0.15, -0.1) is 0 Å². The fourth-order valence-electron chi connectivity index (χ4n) is 1.39. The summed E-state index contributed by atoms with van der Waals surface area (Å²) in [7, 11) is 1.55. The SMILES string of the molecule is CCOSC(=O)Sc1cc(CC)c(C)nc1OC. The van der Waals surface area contributed by atoms with Crippen LogP contribution in [0.15, 0.2) is 11.0 Å². The Morgan fingerprint density at radius 3 is 2.72 bits per heavy atom. The maximum atomic E-state index is 11.6. The molecular weight excluding hydrogens is 270 g/mol. The van der Waals surface area contributed by atoms with Gasteiger partial charge in [-0.3, -0.25) is 4.79 Å². The molecule has 100 valence electrons. The molecule has 1 rings (SSSR count). The van der Waals surface area contributed by atoms with Gasteiger partial charge in [-0.2, -0.15) is 0 Å². The highest BCUT2D eigenvalue weighted by Crippen LogP contribution is 2.33. The highest BCUT2D eigenvalue weighted by molar-refractivity contribution is 8.36. The second kappa shape index (κ2) is 7.66. The van der Waals surface area contributed by atoms with Gasteiger partial charge in [-0.05, 0) is 43.7 Å². The molecule has 0 spiro atoms. The highest BCUT2D eigenvalue weighted by Gasteiger charge is 2.14. The van der Waals surface area contributed by atoms with E-state index < -0.39 is 0 Å². The van der Waals surface area contributed by atoms with Gasteiger partial charge in [0.2, 0.25) is 5.88 Å². The number of pyridine rings is 1. The molecule has 0 aliphatic carbocycles. The minimum atomic E-state index is -0.122. The molecule has 0 atom stereocenters. The zero-order chi connectivity index (χ0) is 13.5. The van der Waals surface area contributed by atoms with E-state index in [9.17, 15) is 4.79 Å². The number of aromatic nitrogens is 1. The molecule has 0 fully saturated rings. The summed E-state index contributed by atoms with van der Waals surface area (Å²) >= 11 is 1.93. The van der Waals surface area contributed by atoms with Crippen molar-refractivity contribution in [3.8, 4) is 5.88 Å². The normalized spacial score (nSPS) is 10.4. The molecule has 0 aromatic carbocycles. The van der Waals surface area contributed by atoms with Gasteiger partial charge in [0, 0.05) is 5.69 Å². The Balaban J connectivity index is 2.89. The second-order valence-electron chi connectivity index (χ2n) is 3.44. The molecule has 0 aliphatic rings. The van der Waals surface area contributed by atoms with Crippen molar-refractivity contribution < 1.29 is 13.7 Å². The monoisotopic (exact) mass is 287 g/mol. The van der Waals surface area contributed by atoms with Crippen LogP contribution in [0.5, 0.6) is 5.88 Å². The third-order valence-corrected chi connectivity index (χ3v) is 3.89. The number of rotatable bonds is 5. The molecule has 0 bridgehead atoms. The van der Waals surface area contributed by atoms with Crippen LogP contribution >= 0.6 is 23.8 Å². The summed E-state index contributed by atoms with van der Waals surface area (Å²) in [5.41, 5.74) is 2.05. The summed E-state index contributed by atoms with van der Waals surface area (Å²) in [6, 6.07) is 1.95. The largest absolute Gasteiger partial charge is 0.480 e. The first-order valence-corrected chi connectivity index (χ1v) is 7.23. The Morgan fingerprint density at radius 1 is 1.44 bits per heavy atom. The quantitative estimate of drug-likeness (QED) is 0.605. The number of hydrogen-bond acceptors (Lipinski definition) is 6. The lowest BCUT2D eigenvalue weighted by Gasteiger charge is -2.10. The summed E-state index contributed by atoms with van der Waals surface area (Å²) in [5, 5.41) is 0. The first-order chi connectivity index (χ1) is 8.62. The fourth-order valence-corrected chi connectivity index (χ4v) is 2.76. The second-order valence-corrected chi connectivity index (χ2v) is 5.48. The molecule has 0 saturated heterocycles. The Morgan fingerprint density at radius 2 is 2.17 bits per heavy atom. The van der Waals surface area contributed by atoms with Crippen molar-refractivity contribution in [2.24, 2.45) is 0 Å². The maximum Gasteiger partial charge on any atom is 0.277 e. The van der Waals surface area contributed by atoms with Crippen molar-refractivity contribution in [1.82, 2.24) is 4.98 Å². The van der Waals surface area contributed by atoms with Gasteiger partial charge >= 0.3 is 0 Å². The first kappa shape index (κ1) is 15.3. The Bertz CT molecular complexity index is 424. The third-order valence-electron chi connectivity index (χ3n) is 2.26. The molecule has 18 heavy (non-hydrogen) atoms. The van der Waals surface area contributed by atoms with E-state index in [4.69, 9.17) is 8.92 Å². The Labute approximate surface area is 116 Å². The third kappa shape index (κ3) is 4.19. The minimum Gasteiger partial charge on any atom is -0.480 e. The van der Waals surface area contributed by atoms with Crippen molar-refractivity contribution in [2.45, 2.75) is 32.1 Å². The predicted molar refractivity (Wildman–Crippen MR) is 75.4 cm³/mol. The molecule has 0 aliphatic heterocycles. The van der Waals surface area contributed by atoms with Gasteiger partial charge in [0.15, 0.2) is 0 Å². The lowest BCUT2D eigenvalue weighted by atomic mass is 10.1. The maximum absolute atomic E-state index is 11.6.